The van der Waals surface area contributed by atoms with Crippen LogP contribution in [0.3, 0.4) is 0 Å². The highest BCUT2D eigenvalue weighted by Gasteiger charge is 2.18. The van der Waals surface area contributed by atoms with Crippen LogP contribution in [-0.4, -0.2) is 32.6 Å². The molecule has 12 heteroatoms. The Morgan fingerprint density at radius 2 is 1.53 bits per heavy atom. The molecule has 0 heterocycles. The highest BCUT2D eigenvalue weighted by Crippen LogP contribution is 2.42. The Labute approximate surface area is 184 Å². The van der Waals surface area contributed by atoms with Gasteiger partial charge >= 0.3 is 7.60 Å². The van der Waals surface area contributed by atoms with Gasteiger partial charge in [-0.1, -0.05) is 18.6 Å². The first-order valence-electron chi connectivity index (χ1n) is 9.63. The van der Waals surface area contributed by atoms with E-state index in [1.165, 1.54) is 36.4 Å². The largest absolute Gasteiger partial charge is 0.508 e. The lowest BCUT2D eigenvalue weighted by molar-refractivity contribution is -0.385. The normalized spacial score (nSPS) is 13.0. The first-order valence-corrected chi connectivity index (χ1v) is 11.4. The van der Waals surface area contributed by atoms with Crippen molar-refractivity contribution in [2.45, 2.75) is 32.1 Å². The number of hydrogen-bond donors (Lipinski definition) is 2. The number of rotatable bonds is 10. The van der Waals surface area contributed by atoms with Gasteiger partial charge in [-0.05, 0) is 37.5 Å². The van der Waals surface area contributed by atoms with Crippen molar-refractivity contribution in [1.29, 1.82) is 5.26 Å². The molecule has 0 spiro atoms. The van der Waals surface area contributed by atoms with Crippen molar-refractivity contribution >= 4 is 19.0 Å². The summed E-state index contributed by atoms with van der Waals surface area (Å²) in [7, 11) is -3.51. The van der Waals surface area contributed by atoms with Gasteiger partial charge in [-0.2, -0.15) is 5.26 Å². The van der Waals surface area contributed by atoms with Crippen molar-refractivity contribution in [3.8, 4) is 11.8 Å². The van der Waals surface area contributed by atoms with E-state index in [-0.39, 0.29) is 35.8 Å². The lowest BCUT2D eigenvalue weighted by Gasteiger charge is -2.12. The van der Waals surface area contributed by atoms with Crippen LogP contribution in [0.5, 0.6) is 5.75 Å². The molecular weight excluding hydrogens is 441 g/mol. The third kappa shape index (κ3) is 9.66. The van der Waals surface area contributed by atoms with Gasteiger partial charge in [0, 0.05) is 30.4 Å². The van der Waals surface area contributed by atoms with E-state index in [4.69, 9.17) is 9.63 Å². The maximum absolute atomic E-state index is 11.5. The van der Waals surface area contributed by atoms with Crippen LogP contribution in [0.25, 0.3) is 0 Å². The minimum atomic E-state index is -3.51. The monoisotopic (exact) mass is 465 g/mol. The SMILES string of the molecule is CCOP(=O)(O)CCCCC(C#N)c1ccc([N+](=O)[O-])cc1.O=[N+]([O-])c1ccc(O)cc1. The molecule has 0 aliphatic carbocycles. The molecule has 0 saturated heterocycles. The summed E-state index contributed by atoms with van der Waals surface area (Å²) < 4.78 is 16.3. The van der Waals surface area contributed by atoms with Crippen LogP contribution in [0.1, 0.15) is 37.7 Å². The molecule has 0 aliphatic heterocycles. The topological polar surface area (TPSA) is 177 Å². The van der Waals surface area contributed by atoms with Crippen LogP contribution in [0.2, 0.25) is 0 Å². The van der Waals surface area contributed by atoms with Gasteiger partial charge in [0.2, 0.25) is 0 Å². The Morgan fingerprint density at radius 3 is 1.97 bits per heavy atom. The molecule has 0 radical (unpaired) electrons. The second-order valence-electron chi connectivity index (χ2n) is 6.58. The van der Waals surface area contributed by atoms with Crippen LogP contribution in [0.4, 0.5) is 11.4 Å². The smallest absolute Gasteiger partial charge is 0.328 e. The number of phenolic OH excluding ortho intramolecular Hbond substituents is 1. The van der Waals surface area contributed by atoms with Gasteiger partial charge in [0.25, 0.3) is 11.4 Å². The van der Waals surface area contributed by atoms with Crippen molar-refractivity contribution in [2.24, 2.45) is 0 Å². The van der Waals surface area contributed by atoms with E-state index in [2.05, 4.69) is 6.07 Å². The van der Waals surface area contributed by atoms with Crippen molar-refractivity contribution in [2.75, 3.05) is 12.8 Å². The third-order valence-corrected chi connectivity index (χ3v) is 5.78. The van der Waals surface area contributed by atoms with Crippen LogP contribution >= 0.6 is 7.60 Å². The summed E-state index contributed by atoms with van der Waals surface area (Å²) in [6.45, 7) is 1.85. The molecule has 2 unspecified atom stereocenters. The highest BCUT2D eigenvalue weighted by molar-refractivity contribution is 7.52. The standard InChI is InChI=1S/C14H19N2O5P.C6H5NO3/c1-2-21-22(19,20)10-4-3-5-13(11-15)12-6-8-14(9-7-12)16(17)18;8-6-3-1-5(2-4-6)7(9)10/h6-9,13H,2-5,10H2,1H3,(H,19,20);1-4,8H. The van der Waals surface area contributed by atoms with E-state index in [0.717, 1.165) is 0 Å². The number of hydrogen-bond acceptors (Lipinski definition) is 8. The van der Waals surface area contributed by atoms with Crippen molar-refractivity contribution < 1.29 is 28.9 Å². The first-order chi connectivity index (χ1) is 15.1. The molecule has 2 atom stereocenters. The Kier molecular flexibility index (Phi) is 11.0. The zero-order valence-electron chi connectivity index (χ0n) is 17.4. The Morgan fingerprint density at radius 1 is 1.03 bits per heavy atom. The molecule has 2 N–H and O–H groups in total. The number of phenols is 1. The van der Waals surface area contributed by atoms with Crippen LogP contribution in [-0.2, 0) is 9.09 Å². The van der Waals surface area contributed by atoms with Crippen LogP contribution in [0, 0.1) is 31.6 Å². The molecule has 0 fully saturated rings. The second kappa shape index (κ2) is 13.2. The van der Waals surface area contributed by atoms with E-state index in [1.54, 1.807) is 19.1 Å². The number of nitro benzene ring substituents is 2. The van der Waals surface area contributed by atoms with E-state index in [0.29, 0.717) is 24.8 Å². The van der Waals surface area contributed by atoms with E-state index in [1.807, 2.05) is 0 Å². The maximum atomic E-state index is 11.5. The van der Waals surface area contributed by atoms with Gasteiger partial charge in [-0.3, -0.25) is 24.8 Å². The zero-order chi connectivity index (χ0) is 24.1. The second-order valence-corrected chi connectivity index (χ2v) is 8.56. The molecule has 0 aromatic heterocycles. The van der Waals surface area contributed by atoms with Crippen molar-refractivity contribution in [1.82, 2.24) is 0 Å². The Balaban J connectivity index is 0.000000425. The number of non-ortho nitro benzene ring substituents is 2. The molecule has 0 amide bonds. The highest BCUT2D eigenvalue weighted by atomic mass is 31.2. The van der Waals surface area contributed by atoms with Gasteiger partial charge in [0.1, 0.15) is 5.75 Å². The minimum Gasteiger partial charge on any atom is -0.508 e. The summed E-state index contributed by atoms with van der Waals surface area (Å²) in [6, 6.07) is 13.1. The number of nitriles is 1. The van der Waals surface area contributed by atoms with Gasteiger partial charge in [-0.15, -0.1) is 0 Å². The summed E-state index contributed by atoms with van der Waals surface area (Å²) in [4.78, 5) is 29.1. The fraction of sp³-hybridized carbons (Fsp3) is 0.350. The lowest BCUT2D eigenvalue weighted by atomic mass is 9.95. The minimum absolute atomic E-state index is 0.0154. The van der Waals surface area contributed by atoms with E-state index < -0.39 is 17.4 Å². The summed E-state index contributed by atoms with van der Waals surface area (Å²) in [5.74, 6) is -0.350. The van der Waals surface area contributed by atoms with Crippen LogP contribution < -0.4 is 0 Å². The van der Waals surface area contributed by atoms with Gasteiger partial charge in [-0.25, -0.2) is 0 Å². The molecule has 0 aliphatic rings. The average Bonchev–Trinajstić information content (AvgIpc) is 2.74. The molecule has 2 aromatic rings. The fourth-order valence-electron chi connectivity index (χ4n) is 2.63. The predicted octanol–water partition coefficient (Wildman–Crippen LogP) is 4.89. The number of aromatic hydroxyl groups is 1. The zero-order valence-corrected chi connectivity index (χ0v) is 18.3. The number of benzene rings is 2. The van der Waals surface area contributed by atoms with Crippen molar-refractivity contribution in [3.63, 3.8) is 0 Å². The molecule has 11 nitrogen and oxygen atoms in total. The summed E-state index contributed by atoms with van der Waals surface area (Å²) in [5, 5.41) is 38.5. The van der Waals surface area contributed by atoms with Gasteiger partial charge in [0.15, 0.2) is 0 Å². The van der Waals surface area contributed by atoms with Crippen molar-refractivity contribution in [3.05, 3.63) is 74.3 Å². The predicted molar refractivity (Wildman–Crippen MR) is 116 cm³/mol. The average molecular weight is 465 g/mol. The molecule has 0 saturated carbocycles. The molecule has 32 heavy (non-hydrogen) atoms. The fourth-order valence-corrected chi connectivity index (χ4v) is 3.79. The number of nitro groups is 2. The van der Waals surface area contributed by atoms with Crippen LogP contribution in [0.15, 0.2) is 48.5 Å². The molecule has 0 bridgehead atoms. The van der Waals surface area contributed by atoms with Gasteiger partial charge < -0.3 is 14.5 Å². The molecule has 2 rings (SSSR count). The molecule has 2 aromatic carbocycles. The van der Waals surface area contributed by atoms with E-state index in [9.17, 15) is 34.9 Å². The third-order valence-electron chi connectivity index (χ3n) is 4.24. The first kappa shape index (κ1) is 26.7. The molecule has 172 valence electrons. The van der Waals surface area contributed by atoms with E-state index >= 15 is 0 Å². The lowest BCUT2D eigenvalue weighted by Crippen LogP contribution is -1.99. The maximum Gasteiger partial charge on any atom is 0.328 e. The Bertz CT molecular complexity index is 974. The van der Waals surface area contributed by atoms with Gasteiger partial charge in [0.05, 0.1) is 28.4 Å². The number of nitrogens with zero attached hydrogens (tertiary/aromatic N) is 3. The summed E-state index contributed by atoms with van der Waals surface area (Å²) in [6.07, 6.45) is 1.69. The molecular formula is C20H24N3O8P. The summed E-state index contributed by atoms with van der Waals surface area (Å²) in [5.41, 5.74) is 0.682. The number of unbranched alkanes of at least 4 members (excludes halogenated alkanes) is 1. The quantitative estimate of drug-likeness (QED) is 0.214. The summed E-state index contributed by atoms with van der Waals surface area (Å²) >= 11 is 0. The Hall–Kier alpha value is -3.32.